The van der Waals surface area contributed by atoms with E-state index in [2.05, 4.69) is 88.6 Å². The van der Waals surface area contributed by atoms with Crippen LogP contribution in [0.4, 0.5) is 0 Å². The van der Waals surface area contributed by atoms with Gasteiger partial charge in [0.15, 0.2) is 0 Å². The van der Waals surface area contributed by atoms with E-state index in [9.17, 15) is 10.0 Å². The molecular weight excluding hydrogens is 438 g/mol. The molecule has 1 aliphatic carbocycles. The highest BCUT2D eigenvalue weighted by atomic mass is 16.5. The fourth-order valence-corrected chi connectivity index (χ4v) is 6.15. The normalized spacial score (nSPS) is 20.7. The van der Waals surface area contributed by atoms with Crippen molar-refractivity contribution in [3.63, 3.8) is 0 Å². The minimum atomic E-state index is -0.392. The summed E-state index contributed by atoms with van der Waals surface area (Å²) >= 11 is 0. The molecule has 0 amide bonds. The number of ether oxygens (including phenoxy) is 2. The molecule has 3 unspecified atom stereocenters. The number of rotatable bonds is 18. The molecule has 0 aliphatic heterocycles. The van der Waals surface area contributed by atoms with Gasteiger partial charge in [0.2, 0.25) is 0 Å². The molecule has 1 saturated carbocycles. The molecule has 0 bridgehead atoms. The van der Waals surface area contributed by atoms with Crippen molar-refractivity contribution < 1.29 is 19.5 Å². The van der Waals surface area contributed by atoms with E-state index in [0.29, 0.717) is 12.4 Å². The van der Waals surface area contributed by atoms with Crippen LogP contribution in [0, 0.1) is 16.7 Å². The van der Waals surface area contributed by atoms with Gasteiger partial charge in [-0.15, -0.1) is 0 Å². The lowest BCUT2D eigenvalue weighted by molar-refractivity contribution is -0.161. The molecule has 0 aromatic rings. The van der Waals surface area contributed by atoms with E-state index in [1.165, 1.54) is 0 Å². The molecule has 0 heterocycles. The highest BCUT2D eigenvalue weighted by Gasteiger charge is 2.45. The van der Waals surface area contributed by atoms with Crippen LogP contribution < -0.4 is 5.48 Å². The Kier molecular flexibility index (Phi) is 11.1. The molecule has 208 valence electrons. The molecule has 3 atom stereocenters. The van der Waals surface area contributed by atoms with E-state index >= 15 is 0 Å². The predicted molar refractivity (Wildman–Crippen MR) is 146 cm³/mol. The Morgan fingerprint density at radius 1 is 0.800 bits per heavy atom. The number of Topliss-reactive ketones (excluding diaryl/α,β-unsaturated/α-hetero) is 1. The summed E-state index contributed by atoms with van der Waals surface area (Å²) in [5, 5.41) is 9.70. The van der Waals surface area contributed by atoms with Crippen molar-refractivity contribution in [2.24, 2.45) is 16.7 Å². The number of nitrogens with one attached hydrogen (secondary N) is 1. The topological polar surface area (TPSA) is 67.8 Å². The number of hydrogen-bond donors (Lipinski definition) is 2. The molecule has 1 aliphatic rings. The van der Waals surface area contributed by atoms with Crippen LogP contribution in [-0.4, -0.2) is 39.9 Å². The number of hydroxylamine groups is 1. The van der Waals surface area contributed by atoms with Crippen LogP contribution in [-0.2, 0) is 14.3 Å². The van der Waals surface area contributed by atoms with Crippen molar-refractivity contribution in [2.45, 2.75) is 163 Å². The number of ketones is 1. The summed E-state index contributed by atoms with van der Waals surface area (Å²) in [5.41, 5.74) is 0.958. The zero-order chi connectivity index (χ0) is 27.3. The molecule has 0 spiro atoms. The Morgan fingerprint density at radius 2 is 1.37 bits per heavy atom. The lowest BCUT2D eigenvalue weighted by atomic mass is 9.70. The van der Waals surface area contributed by atoms with E-state index in [1.807, 2.05) is 0 Å². The van der Waals surface area contributed by atoms with Crippen LogP contribution in [0.5, 0.6) is 0 Å². The maximum absolute atomic E-state index is 13.0. The Balaban J connectivity index is 2.70. The van der Waals surface area contributed by atoms with Gasteiger partial charge in [0.1, 0.15) is 5.78 Å². The lowest BCUT2D eigenvalue weighted by Crippen LogP contribution is -2.46. The van der Waals surface area contributed by atoms with Crippen LogP contribution in [0.3, 0.4) is 0 Å². The molecular formula is C30H59NO4. The smallest absolute Gasteiger partial charge is 0.141 e. The quantitative estimate of drug-likeness (QED) is 0.189. The Bertz CT molecular complexity index is 678. The summed E-state index contributed by atoms with van der Waals surface area (Å²) < 4.78 is 13.1. The lowest BCUT2D eigenvalue weighted by Gasteiger charge is -2.43. The molecule has 5 nitrogen and oxygen atoms in total. The Morgan fingerprint density at radius 3 is 1.80 bits per heavy atom. The van der Waals surface area contributed by atoms with Gasteiger partial charge >= 0.3 is 0 Å². The van der Waals surface area contributed by atoms with Gasteiger partial charge in [-0.1, -0.05) is 41.0 Å². The Labute approximate surface area is 217 Å². The molecule has 2 N–H and O–H groups in total. The van der Waals surface area contributed by atoms with Crippen LogP contribution in [0.15, 0.2) is 0 Å². The predicted octanol–water partition coefficient (Wildman–Crippen LogP) is 7.88. The first-order chi connectivity index (χ1) is 15.8. The van der Waals surface area contributed by atoms with Crippen molar-refractivity contribution in [2.75, 3.05) is 6.61 Å². The average molecular weight is 498 g/mol. The SMILES string of the molecule is CCC(C)(CC(C)(CC)NO)CC(C)(C)OCCC(C)(C)OC(C)(C)CC(C)(CC)C(=O)C1CC1. The average Bonchev–Trinajstić information content (AvgIpc) is 3.56. The van der Waals surface area contributed by atoms with E-state index in [0.717, 1.165) is 57.8 Å². The molecule has 35 heavy (non-hydrogen) atoms. The molecule has 1 rings (SSSR count). The highest BCUT2D eigenvalue weighted by molar-refractivity contribution is 5.88. The zero-order valence-electron chi connectivity index (χ0n) is 25.3. The maximum atomic E-state index is 13.0. The first kappa shape index (κ1) is 32.5. The van der Waals surface area contributed by atoms with E-state index < -0.39 is 5.60 Å². The molecule has 0 aromatic carbocycles. The maximum Gasteiger partial charge on any atom is 0.141 e. The van der Waals surface area contributed by atoms with Gasteiger partial charge in [0, 0.05) is 16.9 Å². The molecule has 0 saturated heterocycles. The summed E-state index contributed by atoms with van der Waals surface area (Å²) in [6.07, 6.45) is 8.18. The first-order valence-corrected chi connectivity index (χ1v) is 14.1. The molecule has 0 aromatic heterocycles. The summed E-state index contributed by atoms with van der Waals surface area (Å²) in [6.45, 7) is 26.4. The molecule has 0 radical (unpaired) electrons. The van der Waals surface area contributed by atoms with Crippen molar-refractivity contribution in [1.29, 1.82) is 0 Å². The standard InChI is InChI=1S/C30H59NO4/c1-13-28(10,22-30(12,15-3)31-33)20-26(6,7)34-19-18-25(4,5)35-27(8,9)21-29(11,14-2)24(32)23-16-17-23/h23,31,33H,13-22H2,1-12H3. The summed E-state index contributed by atoms with van der Waals surface area (Å²) in [6, 6.07) is 0. The van der Waals surface area contributed by atoms with Gasteiger partial charge in [-0.25, -0.2) is 0 Å². The second-order valence-corrected chi connectivity index (χ2v) is 14.3. The third kappa shape index (κ3) is 10.4. The van der Waals surface area contributed by atoms with Gasteiger partial charge in [-0.05, 0) is 105 Å². The van der Waals surface area contributed by atoms with Gasteiger partial charge in [0.05, 0.1) is 23.4 Å². The summed E-state index contributed by atoms with van der Waals surface area (Å²) in [5.74, 6) is 0.700. The minimum absolute atomic E-state index is 0.0523. The van der Waals surface area contributed by atoms with Crippen LogP contribution in [0.2, 0.25) is 0 Å². The van der Waals surface area contributed by atoms with Crippen LogP contribution in [0.25, 0.3) is 0 Å². The highest BCUT2D eigenvalue weighted by Crippen LogP contribution is 2.44. The minimum Gasteiger partial charge on any atom is -0.375 e. The largest absolute Gasteiger partial charge is 0.375 e. The second-order valence-electron chi connectivity index (χ2n) is 14.3. The fourth-order valence-electron chi connectivity index (χ4n) is 6.15. The monoisotopic (exact) mass is 497 g/mol. The molecule has 5 heteroatoms. The van der Waals surface area contributed by atoms with Crippen LogP contribution >= 0.6 is 0 Å². The number of carbonyl (C=O) groups is 1. The van der Waals surface area contributed by atoms with Crippen molar-refractivity contribution in [1.82, 2.24) is 5.48 Å². The van der Waals surface area contributed by atoms with Gasteiger partial charge in [-0.2, -0.15) is 5.48 Å². The summed E-state index contributed by atoms with van der Waals surface area (Å²) in [4.78, 5) is 13.0. The first-order valence-electron chi connectivity index (χ1n) is 14.1. The van der Waals surface area contributed by atoms with Crippen molar-refractivity contribution >= 4 is 5.78 Å². The van der Waals surface area contributed by atoms with Crippen molar-refractivity contribution in [3.8, 4) is 0 Å². The Hall–Kier alpha value is -0.490. The number of hydrogen-bond acceptors (Lipinski definition) is 5. The third-order valence-corrected chi connectivity index (χ3v) is 8.46. The van der Waals surface area contributed by atoms with E-state index in [-0.39, 0.29) is 33.5 Å². The van der Waals surface area contributed by atoms with E-state index in [1.54, 1.807) is 0 Å². The van der Waals surface area contributed by atoms with Crippen molar-refractivity contribution in [3.05, 3.63) is 0 Å². The van der Waals surface area contributed by atoms with Gasteiger partial charge < -0.3 is 14.7 Å². The third-order valence-electron chi connectivity index (χ3n) is 8.46. The van der Waals surface area contributed by atoms with Crippen LogP contribution in [0.1, 0.15) is 141 Å². The van der Waals surface area contributed by atoms with E-state index in [4.69, 9.17) is 9.47 Å². The van der Waals surface area contributed by atoms with Gasteiger partial charge in [0.25, 0.3) is 0 Å². The fraction of sp³-hybridized carbons (Fsp3) is 0.967. The zero-order valence-corrected chi connectivity index (χ0v) is 25.3. The van der Waals surface area contributed by atoms with Gasteiger partial charge in [-0.3, -0.25) is 4.79 Å². The molecule has 1 fully saturated rings. The number of carbonyl (C=O) groups excluding carboxylic acids is 1. The summed E-state index contributed by atoms with van der Waals surface area (Å²) in [7, 11) is 0. The second kappa shape index (κ2) is 11.9.